The predicted octanol–water partition coefficient (Wildman–Crippen LogP) is 4.43. The first-order chi connectivity index (χ1) is 9.75. The minimum absolute atomic E-state index is 0.129. The van der Waals surface area contributed by atoms with Gasteiger partial charge in [-0.3, -0.25) is 4.79 Å². The molecule has 2 aromatic carbocycles. The van der Waals surface area contributed by atoms with Crippen molar-refractivity contribution in [2.75, 3.05) is 6.54 Å². The van der Waals surface area contributed by atoms with Gasteiger partial charge in [0, 0.05) is 16.6 Å². The molecule has 1 unspecified atom stereocenters. The Kier molecular flexibility index (Phi) is 3.88. The van der Waals surface area contributed by atoms with Crippen LogP contribution in [-0.4, -0.2) is 17.4 Å². The van der Waals surface area contributed by atoms with Gasteiger partial charge in [0.25, 0.3) is 5.91 Å². The molecule has 1 amide bonds. The van der Waals surface area contributed by atoms with Crippen LogP contribution in [0.5, 0.6) is 0 Å². The zero-order chi connectivity index (χ0) is 13.9. The molecule has 102 valence electrons. The van der Waals surface area contributed by atoms with E-state index in [1.165, 1.54) is 5.56 Å². The van der Waals surface area contributed by atoms with Crippen molar-refractivity contribution in [2.45, 2.75) is 18.9 Å². The van der Waals surface area contributed by atoms with Crippen molar-refractivity contribution in [1.29, 1.82) is 0 Å². The number of rotatable bonds is 2. The third-order valence-electron chi connectivity index (χ3n) is 3.79. The lowest BCUT2D eigenvalue weighted by atomic mass is 10.0. The molecule has 0 saturated carbocycles. The highest BCUT2D eigenvalue weighted by Crippen LogP contribution is 2.33. The molecule has 0 aliphatic carbocycles. The van der Waals surface area contributed by atoms with E-state index >= 15 is 0 Å². The molecule has 0 spiro atoms. The van der Waals surface area contributed by atoms with Crippen LogP contribution in [-0.2, 0) is 0 Å². The topological polar surface area (TPSA) is 20.3 Å². The second-order valence-electron chi connectivity index (χ2n) is 5.07. The SMILES string of the molecule is O=C(c1ccc(Br)cc1)N1CCCC1c1ccccc1. The highest BCUT2D eigenvalue weighted by molar-refractivity contribution is 9.10. The van der Waals surface area contributed by atoms with Crippen molar-refractivity contribution in [3.05, 3.63) is 70.2 Å². The largest absolute Gasteiger partial charge is 0.332 e. The highest BCUT2D eigenvalue weighted by Gasteiger charge is 2.30. The summed E-state index contributed by atoms with van der Waals surface area (Å²) in [5.74, 6) is 0.129. The fraction of sp³-hybridized carbons (Fsp3) is 0.235. The molecule has 0 N–H and O–H groups in total. The smallest absolute Gasteiger partial charge is 0.254 e. The van der Waals surface area contributed by atoms with Crippen molar-refractivity contribution in [1.82, 2.24) is 4.90 Å². The lowest BCUT2D eigenvalue weighted by Crippen LogP contribution is -2.30. The lowest BCUT2D eigenvalue weighted by molar-refractivity contribution is 0.0735. The molecule has 0 bridgehead atoms. The minimum atomic E-state index is 0.129. The maximum atomic E-state index is 12.7. The number of hydrogen-bond donors (Lipinski definition) is 0. The number of halogens is 1. The van der Waals surface area contributed by atoms with E-state index in [0.29, 0.717) is 0 Å². The average Bonchev–Trinajstić information content (AvgIpc) is 2.97. The van der Waals surface area contributed by atoms with Crippen LogP contribution in [0.25, 0.3) is 0 Å². The molecule has 3 heteroatoms. The number of benzene rings is 2. The lowest BCUT2D eigenvalue weighted by Gasteiger charge is -2.25. The van der Waals surface area contributed by atoms with Crippen LogP contribution < -0.4 is 0 Å². The average molecular weight is 330 g/mol. The molecular formula is C17H16BrNO. The fourth-order valence-electron chi connectivity index (χ4n) is 2.79. The number of nitrogens with zero attached hydrogens (tertiary/aromatic N) is 1. The Morgan fingerprint density at radius 1 is 1.05 bits per heavy atom. The van der Waals surface area contributed by atoms with E-state index in [1.807, 2.05) is 47.4 Å². The van der Waals surface area contributed by atoms with E-state index in [4.69, 9.17) is 0 Å². The van der Waals surface area contributed by atoms with E-state index in [9.17, 15) is 4.79 Å². The van der Waals surface area contributed by atoms with Gasteiger partial charge >= 0.3 is 0 Å². The summed E-state index contributed by atoms with van der Waals surface area (Å²) in [6.07, 6.45) is 2.12. The Balaban J connectivity index is 1.85. The second-order valence-corrected chi connectivity index (χ2v) is 5.99. The minimum Gasteiger partial charge on any atom is -0.332 e. The Bertz CT molecular complexity index is 594. The van der Waals surface area contributed by atoms with Gasteiger partial charge in [-0.2, -0.15) is 0 Å². The Labute approximate surface area is 127 Å². The number of carbonyl (C=O) groups is 1. The van der Waals surface area contributed by atoms with Gasteiger partial charge in [0.2, 0.25) is 0 Å². The molecule has 1 aliphatic rings. The van der Waals surface area contributed by atoms with Gasteiger partial charge in [0.15, 0.2) is 0 Å². The van der Waals surface area contributed by atoms with Crippen LogP contribution in [0.1, 0.15) is 34.8 Å². The molecule has 1 fully saturated rings. The molecule has 2 aromatic rings. The molecule has 20 heavy (non-hydrogen) atoms. The number of amides is 1. The van der Waals surface area contributed by atoms with Crippen molar-refractivity contribution >= 4 is 21.8 Å². The van der Waals surface area contributed by atoms with Gasteiger partial charge in [0.1, 0.15) is 0 Å². The third-order valence-corrected chi connectivity index (χ3v) is 4.32. The molecule has 0 radical (unpaired) electrons. The quantitative estimate of drug-likeness (QED) is 0.798. The second kappa shape index (κ2) is 5.80. The first-order valence-corrected chi connectivity index (χ1v) is 7.66. The third kappa shape index (κ3) is 2.63. The molecule has 1 atom stereocenters. The van der Waals surface area contributed by atoms with Gasteiger partial charge in [-0.15, -0.1) is 0 Å². The molecule has 1 aliphatic heterocycles. The number of carbonyl (C=O) groups excluding carboxylic acids is 1. The van der Waals surface area contributed by atoms with Crippen molar-refractivity contribution in [3.63, 3.8) is 0 Å². The van der Waals surface area contributed by atoms with Crippen LogP contribution >= 0.6 is 15.9 Å². The molecule has 0 aromatic heterocycles. The summed E-state index contributed by atoms with van der Waals surface area (Å²) < 4.78 is 0.995. The molecule has 1 saturated heterocycles. The summed E-state index contributed by atoms with van der Waals surface area (Å²) in [6, 6.07) is 18.1. The monoisotopic (exact) mass is 329 g/mol. The Hall–Kier alpha value is -1.61. The van der Waals surface area contributed by atoms with E-state index in [1.54, 1.807) is 0 Å². The molecule has 3 rings (SSSR count). The Morgan fingerprint density at radius 3 is 2.45 bits per heavy atom. The van der Waals surface area contributed by atoms with Crippen LogP contribution in [0.3, 0.4) is 0 Å². The van der Waals surface area contributed by atoms with Crippen LogP contribution in [0.2, 0.25) is 0 Å². The maximum absolute atomic E-state index is 12.7. The zero-order valence-corrected chi connectivity index (χ0v) is 12.7. The maximum Gasteiger partial charge on any atom is 0.254 e. The first-order valence-electron chi connectivity index (χ1n) is 6.87. The zero-order valence-electron chi connectivity index (χ0n) is 11.1. The van der Waals surface area contributed by atoms with Crippen molar-refractivity contribution in [3.8, 4) is 0 Å². The van der Waals surface area contributed by atoms with E-state index in [2.05, 4.69) is 28.1 Å². The normalized spacial score (nSPS) is 18.2. The van der Waals surface area contributed by atoms with Crippen molar-refractivity contribution in [2.24, 2.45) is 0 Å². The van der Waals surface area contributed by atoms with Crippen LogP contribution in [0, 0.1) is 0 Å². The summed E-state index contributed by atoms with van der Waals surface area (Å²) in [7, 11) is 0. The van der Waals surface area contributed by atoms with E-state index < -0.39 is 0 Å². The molecular weight excluding hydrogens is 314 g/mol. The summed E-state index contributed by atoms with van der Waals surface area (Å²) in [5, 5.41) is 0. The predicted molar refractivity (Wildman–Crippen MR) is 83.6 cm³/mol. The summed E-state index contributed by atoms with van der Waals surface area (Å²) in [5.41, 5.74) is 1.99. The van der Waals surface area contributed by atoms with Crippen LogP contribution in [0.4, 0.5) is 0 Å². The molecule has 1 heterocycles. The van der Waals surface area contributed by atoms with Gasteiger partial charge < -0.3 is 4.90 Å². The standard InChI is InChI=1S/C17H16BrNO/c18-15-10-8-14(9-11-15)17(20)19-12-4-7-16(19)13-5-2-1-3-6-13/h1-3,5-6,8-11,16H,4,7,12H2. The van der Waals surface area contributed by atoms with Gasteiger partial charge in [-0.05, 0) is 42.7 Å². The highest BCUT2D eigenvalue weighted by atomic mass is 79.9. The van der Waals surface area contributed by atoms with Crippen LogP contribution in [0.15, 0.2) is 59.1 Å². The summed E-state index contributed by atoms with van der Waals surface area (Å²) in [4.78, 5) is 14.7. The summed E-state index contributed by atoms with van der Waals surface area (Å²) in [6.45, 7) is 0.842. The first kappa shape index (κ1) is 13.4. The van der Waals surface area contributed by atoms with Gasteiger partial charge in [-0.1, -0.05) is 46.3 Å². The van der Waals surface area contributed by atoms with Gasteiger partial charge in [0.05, 0.1) is 6.04 Å². The molecule has 2 nitrogen and oxygen atoms in total. The fourth-order valence-corrected chi connectivity index (χ4v) is 3.05. The van der Waals surface area contributed by atoms with Crippen molar-refractivity contribution < 1.29 is 4.79 Å². The van der Waals surface area contributed by atoms with E-state index in [-0.39, 0.29) is 11.9 Å². The Morgan fingerprint density at radius 2 is 1.75 bits per heavy atom. The van der Waals surface area contributed by atoms with E-state index in [0.717, 1.165) is 29.4 Å². The van der Waals surface area contributed by atoms with Gasteiger partial charge in [-0.25, -0.2) is 0 Å². The number of likely N-dealkylation sites (tertiary alicyclic amines) is 1. The summed E-state index contributed by atoms with van der Waals surface area (Å²) >= 11 is 3.40. The number of hydrogen-bond acceptors (Lipinski definition) is 1.